The minimum absolute atomic E-state index is 0.147. The third-order valence-corrected chi connectivity index (χ3v) is 2.59. The van der Waals surface area contributed by atoms with Gasteiger partial charge in [0.05, 0.1) is 5.60 Å². The molecule has 1 heterocycles. The first-order chi connectivity index (χ1) is 8.76. The molecule has 1 rings (SSSR count). The lowest BCUT2D eigenvalue weighted by atomic mass is 10.1. The molecule has 4 N–H and O–H groups in total. The summed E-state index contributed by atoms with van der Waals surface area (Å²) >= 11 is 0. The molecule has 0 aromatic carbocycles. The van der Waals surface area contributed by atoms with E-state index in [2.05, 4.69) is 10.4 Å². The van der Waals surface area contributed by atoms with E-state index in [0.29, 0.717) is 23.6 Å². The summed E-state index contributed by atoms with van der Waals surface area (Å²) in [5, 5.41) is 9.83. The topological polar surface area (TPSA) is 91.5 Å². The highest BCUT2D eigenvalue weighted by atomic mass is 16.3. The van der Waals surface area contributed by atoms with E-state index in [-0.39, 0.29) is 12.5 Å². The number of hydrogen-bond acceptors (Lipinski definition) is 5. The Labute approximate surface area is 113 Å². The SMILES string of the molecule is CCN(CC(C)(C)O)C(=O)c1cc(C)nc(NN)c1. The van der Waals surface area contributed by atoms with E-state index in [4.69, 9.17) is 5.84 Å². The summed E-state index contributed by atoms with van der Waals surface area (Å²) in [6.45, 7) is 7.82. The van der Waals surface area contributed by atoms with Crippen molar-refractivity contribution in [3.63, 3.8) is 0 Å². The molecule has 0 fully saturated rings. The van der Waals surface area contributed by atoms with E-state index in [0.717, 1.165) is 0 Å². The van der Waals surface area contributed by atoms with Crippen LogP contribution in [0, 0.1) is 6.92 Å². The zero-order valence-corrected chi connectivity index (χ0v) is 11.9. The zero-order chi connectivity index (χ0) is 14.6. The number of rotatable bonds is 5. The van der Waals surface area contributed by atoms with Gasteiger partial charge in [0.15, 0.2) is 0 Å². The second-order valence-electron chi connectivity index (χ2n) is 5.16. The number of hydrogen-bond donors (Lipinski definition) is 3. The number of nitrogen functional groups attached to an aromatic ring is 1. The van der Waals surface area contributed by atoms with Gasteiger partial charge in [-0.1, -0.05) is 0 Å². The fourth-order valence-electron chi connectivity index (χ4n) is 1.84. The van der Waals surface area contributed by atoms with Gasteiger partial charge < -0.3 is 15.4 Å². The number of aromatic nitrogens is 1. The Hall–Kier alpha value is -1.66. The normalized spacial score (nSPS) is 11.3. The molecule has 1 aromatic rings. The van der Waals surface area contributed by atoms with Gasteiger partial charge >= 0.3 is 0 Å². The second kappa shape index (κ2) is 5.99. The molecule has 1 aromatic heterocycles. The molecule has 0 bridgehead atoms. The van der Waals surface area contributed by atoms with Crippen molar-refractivity contribution < 1.29 is 9.90 Å². The lowest BCUT2D eigenvalue weighted by Crippen LogP contribution is -2.42. The molecule has 6 heteroatoms. The summed E-state index contributed by atoms with van der Waals surface area (Å²) in [6.07, 6.45) is 0. The average Bonchev–Trinajstić information content (AvgIpc) is 2.33. The Balaban J connectivity index is 3.00. The highest BCUT2D eigenvalue weighted by molar-refractivity contribution is 5.95. The summed E-state index contributed by atoms with van der Waals surface area (Å²) in [6, 6.07) is 3.30. The number of pyridine rings is 1. The van der Waals surface area contributed by atoms with Crippen molar-refractivity contribution in [1.82, 2.24) is 9.88 Å². The van der Waals surface area contributed by atoms with Crippen molar-refractivity contribution in [2.75, 3.05) is 18.5 Å². The van der Waals surface area contributed by atoms with Crippen LogP contribution >= 0.6 is 0 Å². The van der Waals surface area contributed by atoms with Crippen molar-refractivity contribution in [2.45, 2.75) is 33.3 Å². The lowest BCUT2D eigenvalue weighted by molar-refractivity contribution is 0.0314. The number of nitrogens with two attached hydrogens (primary N) is 1. The average molecular weight is 266 g/mol. The monoisotopic (exact) mass is 266 g/mol. The predicted molar refractivity (Wildman–Crippen MR) is 74.7 cm³/mol. The first kappa shape index (κ1) is 15.4. The molecule has 106 valence electrons. The minimum Gasteiger partial charge on any atom is -0.389 e. The summed E-state index contributed by atoms with van der Waals surface area (Å²) in [5.41, 5.74) is 2.72. The highest BCUT2D eigenvalue weighted by Crippen LogP contribution is 2.14. The van der Waals surface area contributed by atoms with Gasteiger partial charge in [-0.2, -0.15) is 0 Å². The Bertz CT molecular complexity index is 454. The number of aryl methyl sites for hydroxylation is 1. The maximum atomic E-state index is 12.4. The molecule has 0 aliphatic heterocycles. The van der Waals surface area contributed by atoms with Crippen molar-refractivity contribution in [1.29, 1.82) is 0 Å². The number of likely N-dealkylation sites (N-methyl/N-ethyl adjacent to an activating group) is 1. The molecular formula is C13H22N4O2. The van der Waals surface area contributed by atoms with Crippen molar-refractivity contribution >= 4 is 11.7 Å². The first-order valence-corrected chi connectivity index (χ1v) is 6.24. The fourth-order valence-corrected chi connectivity index (χ4v) is 1.84. The van der Waals surface area contributed by atoms with Crippen LogP contribution < -0.4 is 11.3 Å². The number of anilines is 1. The summed E-state index contributed by atoms with van der Waals surface area (Å²) in [7, 11) is 0. The van der Waals surface area contributed by atoms with E-state index >= 15 is 0 Å². The molecule has 0 spiro atoms. The number of aliphatic hydroxyl groups is 1. The third-order valence-electron chi connectivity index (χ3n) is 2.59. The lowest BCUT2D eigenvalue weighted by Gasteiger charge is -2.28. The zero-order valence-electron chi connectivity index (χ0n) is 11.9. The standard InChI is InChI=1S/C13H22N4O2/c1-5-17(8-13(3,4)19)12(18)10-6-9(2)15-11(7-10)16-14/h6-7,19H,5,8,14H2,1-4H3,(H,15,16). The number of amides is 1. The maximum absolute atomic E-state index is 12.4. The van der Waals surface area contributed by atoms with E-state index in [1.54, 1.807) is 37.8 Å². The van der Waals surface area contributed by atoms with Crippen molar-refractivity contribution in [2.24, 2.45) is 5.84 Å². The Morgan fingerprint density at radius 2 is 2.16 bits per heavy atom. The van der Waals surface area contributed by atoms with Gasteiger partial charge in [0, 0.05) is 24.3 Å². The maximum Gasteiger partial charge on any atom is 0.254 e. The second-order valence-corrected chi connectivity index (χ2v) is 5.16. The molecule has 0 unspecified atom stereocenters. The molecule has 19 heavy (non-hydrogen) atoms. The molecule has 0 aliphatic rings. The molecule has 6 nitrogen and oxygen atoms in total. The van der Waals surface area contributed by atoms with Crippen LogP contribution in [0.4, 0.5) is 5.82 Å². The van der Waals surface area contributed by atoms with Gasteiger partial charge in [-0.05, 0) is 39.8 Å². The van der Waals surface area contributed by atoms with Gasteiger partial charge in [0.1, 0.15) is 5.82 Å². The highest BCUT2D eigenvalue weighted by Gasteiger charge is 2.22. The van der Waals surface area contributed by atoms with E-state index < -0.39 is 5.60 Å². The van der Waals surface area contributed by atoms with Gasteiger partial charge in [-0.3, -0.25) is 4.79 Å². The van der Waals surface area contributed by atoms with Gasteiger partial charge in [0.2, 0.25) is 0 Å². The molecule has 0 saturated heterocycles. The molecule has 0 aliphatic carbocycles. The van der Waals surface area contributed by atoms with Crippen molar-refractivity contribution in [3.05, 3.63) is 23.4 Å². The predicted octanol–water partition coefficient (Wildman–Crippen LogP) is 0.909. The van der Waals surface area contributed by atoms with Gasteiger partial charge in [-0.15, -0.1) is 0 Å². The molecular weight excluding hydrogens is 244 g/mol. The van der Waals surface area contributed by atoms with Crippen LogP contribution in [0.2, 0.25) is 0 Å². The van der Waals surface area contributed by atoms with Gasteiger partial charge in [0.25, 0.3) is 5.91 Å². The Morgan fingerprint density at radius 1 is 1.53 bits per heavy atom. The van der Waals surface area contributed by atoms with Crippen LogP contribution in [0.15, 0.2) is 12.1 Å². The number of carbonyl (C=O) groups is 1. The van der Waals surface area contributed by atoms with Crippen LogP contribution in [0.25, 0.3) is 0 Å². The molecule has 0 atom stereocenters. The minimum atomic E-state index is -0.928. The number of carbonyl (C=O) groups excluding carboxylic acids is 1. The van der Waals surface area contributed by atoms with Crippen molar-refractivity contribution in [3.8, 4) is 0 Å². The largest absolute Gasteiger partial charge is 0.389 e. The Kier molecular flexibility index (Phi) is 4.85. The van der Waals surface area contributed by atoms with Crippen LogP contribution in [0.5, 0.6) is 0 Å². The molecule has 1 amide bonds. The summed E-state index contributed by atoms with van der Waals surface area (Å²) in [4.78, 5) is 18.1. The van der Waals surface area contributed by atoms with Crippen LogP contribution in [-0.2, 0) is 0 Å². The fraction of sp³-hybridized carbons (Fsp3) is 0.538. The molecule has 0 radical (unpaired) electrons. The number of hydrazine groups is 1. The summed E-state index contributed by atoms with van der Waals surface area (Å²) in [5.74, 6) is 5.62. The Morgan fingerprint density at radius 3 is 2.63 bits per heavy atom. The third kappa shape index (κ3) is 4.50. The van der Waals surface area contributed by atoms with E-state index in [9.17, 15) is 9.90 Å². The van der Waals surface area contributed by atoms with E-state index in [1.807, 2.05) is 6.92 Å². The van der Waals surface area contributed by atoms with Gasteiger partial charge in [-0.25, -0.2) is 10.8 Å². The first-order valence-electron chi connectivity index (χ1n) is 6.24. The molecule has 0 saturated carbocycles. The smallest absolute Gasteiger partial charge is 0.254 e. The van der Waals surface area contributed by atoms with Crippen LogP contribution in [-0.4, -0.2) is 39.6 Å². The number of nitrogens with zero attached hydrogens (tertiary/aromatic N) is 2. The number of nitrogens with one attached hydrogen (secondary N) is 1. The van der Waals surface area contributed by atoms with E-state index in [1.165, 1.54) is 0 Å². The summed E-state index contributed by atoms with van der Waals surface area (Å²) < 4.78 is 0. The quantitative estimate of drug-likeness (QED) is 0.544. The van der Waals surface area contributed by atoms with Crippen LogP contribution in [0.3, 0.4) is 0 Å². The van der Waals surface area contributed by atoms with Crippen LogP contribution in [0.1, 0.15) is 36.8 Å².